The number of aromatic nitrogens is 1. The lowest BCUT2D eigenvalue weighted by molar-refractivity contribution is -0.116. The van der Waals surface area contributed by atoms with Crippen molar-refractivity contribution in [2.45, 2.75) is 33.1 Å². The Morgan fingerprint density at radius 3 is 2.62 bits per heavy atom. The minimum Gasteiger partial charge on any atom is -0.441 e. The molecule has 1 atom stereocenters. The fourth-order valence-corrected chi connectivity index (χ4v) is 3.65. The Hall–Kier alpha value is -3.08. The van der Waals surface area contributed by atoms with Gasteiger partial charge in [-0.2, -0.15) is 0 Å². The van der Waals surface area contributed by atoms with Crippen LogP contribution in [-0.2, 0) is 11.2 Å². The molecule has 0 saturated carbocycles. The van der Waals surface area contributed by atoms with Crippen molar-refractivity contribution >= 4 is 17.3 Å². The molecule has 0 spiro atoms. The number of rotatable bonds is 6. The van der Waals surface area contributed by atoms with E-state index >= 15 is 0 Å². The second-order valence-corrected chi connectivity index (χ2v) is 7.92. The molecular weight excluding hydrogens is 362 g/mol. The van der Waals surface area contributed by atoms with E-state index in [2.05, 4.69) is 41.2 Å². The van der Waals surface area contributed by atoms with Crippen LogP contribution in [0.2, 0.25) is 0 Å². The van der Waals surface area contributed by atoms with E-state index in [9.17, 15) is 4.79 Å². The molecular formula is C24H27N3O2. The number of carbonyl (C=O) groups excluding carboxylic acids is 1. The van der Waals surface area contributed by atoms with Gasteiger partial charge in [-0.3, -0.25) is 4.79 Å². The number of carbonyl (C=O) groups is 1. The Morgan fingerprint density at radius 2 is 1.93 bits per heavy atom. The number of aryl methyl sites for hydroxylation is 2. The van der Waals surface area contributed by atoms with Gasteiger partial charge in [0.1, 0.15) is 0 Å². The van der Waals surface area contributed by atoms with Crippen LogP contribution in [0.1, 0.15) is 31.2 Å². The quantitative estimate of drug-likeness (QED) is 0.640. The average molecular weight is 389 g/mol. The molecule has 1 unspecified atom stereocenters. The van der Waals surface area contributed by atoms with Gasteiger partial charge in [0, 0.05) is 42.9 Å². The first-order valence-electron chi connectivity index (χ1n) is 10.2. The first kappa shape index (κ1) is 19.2. The summed E-state index contributed by atoms with van der Waals surface area (Å²) >= 11 is 0. The molecule has 1 aliphatic heterocycles. The molecule has 3 aromatic rings. The highest BCUT2D eigenvalue weighted by Crippen LogP contribution is 2.25. The van der Waals surface area contributed by atoms with Crippen molar-refractivity contribution in [3.05, 3.63) is 66.2 Å². The molecule has 29 heavy (non-hydrogen) atoms. The summed E-state index contributed by atoms with van der Waals surface area (Å²) in [4.78, 5) is 19.0. The number of hydrogen-bond donors (Lipinski definition) is 1. The molecule has 150 valence electrons. The monoisotopic (exact) mass is 389 g/mol. The molecule has 0 aliphatic carbocycles. The van der Waals surface area contributed by atoms with Gasteiger partial charge in [0.05, 0.1) is 6.20 Å². The van der Waals surface area contributed by atoms with Crippen LogP contribution in [-0.4, -0.2) is 24.0 Å². The van der Waals surface area contributed by atoms with Gasteiger partial charge >= 0.3 is 0 Å². The molecule has 1 saturated heterocycles. The second-order valence-electron chi connectivity index (χ2n) is 7.92. The van der Waals surface area contributed by atoms with Crippen LogP contribution in [0, 0.1) is 12.8 Å². The van der Waals surface area contributed by atoms with E-state index in [4.69, 9.17) is 4.42 Å². The van der Waals surface area contributed by atoms with Crippen LogP contribution in [0.5, 0.6) is 0 Å². The summed E-state index contributed by atoms with van der Waals surface area (Å²) in [6.07, 6.45) is 3.77. The molecule has 2 aromatic carbocycles. The Labute approximate surface area is 171 Å². The van der Waals surface area contributed by atoms with Gasteiger partial charge in [0.2, 0.25) is 5.91 Å². The van der Waals surface area contributed by atoms with Crippen LogP contribution in [0.4, 0.5) is 11.4 Å². The first-order valence-corrected chi connectivity index (χ1v) is 10.2. The maximum atomic E-state index is 12.3. The zero-order chi connectivity index (χ0) is 20.2. The Balaban J connectivity index is 1.28. The zero-order valence-electron chi connectivity index (χ0n) is 17.0. The normalized spacial score (nSPS) is 16.2. The highest BCUT2D eigenvalue weighted by atomic mass is 16.4. The molecule has 0 radical (unpaired) electrons. The summed E-state index contributed by atoms with van der Waals surface area (Å²) in [5.74, 6) is 2.01. The van der Waals surface area contributed by atoms with E-state index in [0.717, 1.165) is 36.0 Å². The minimum atomic E-state index is -0.0392. The van der Waals surface area contributed by atoms with Crippen LogP contribution in [0.15, 0.2) is 59.1 Å². The van der Waals surface area contributed by atoms with E-state index in [0.29, 0.717) is 18.7 Å². The Kier molecular flexibility index (Phi) is 5.65. The third-order valence-electron chi connectivity index (χ3n) is 5.40. The summed E-state index contributed by atoms with van der Waals surface area (Å²) in [7, 11) is 0. The van der Waals surface area contributed by atoms with Gasteiger partial charge in [-0.05, 0) is 43.5 Å². The van der Waals surface area contributed by atoms with Crippen molar-refractivity contribution in [3.8, 4) is 11.3 Å². The Bertz CT molecular complexity index is 961. The van der Waals surface area contributed by atoms with Crippen LogP contribution in [0.3, 0.4) is 0 Å². The zero-order valence-corrected chi connectivity index (χ0v) is 17.0. The standard InChI is InChI=1S/C24H27N3O2/c1-17-3-5-19(6-4-17)22-15-25-24(29-22)12-11-23(28)26-20-7-9-21(10-8-20)27-14-13-18(2)16-27/h3-10,15,18H,11-14,16H2,1-2H3,(H,26,28). The molecule has 4 rings (SSSR count). The number of anilines is 2. The lowest BCUT2D eigenvalue weighted by atomic mass is 10.1. The fourth-order valence-electron chi connectivity index (χ4n) is 3.65. The van der Waals surface area contributed by atoms with Gasteiger partial charge in [0.25, 0.3) is 0 Å². The number of amides is 1. The van der Waals surface area contributed by atoms with Crippen molar-refractivity contribution in [1.29, 1.82) is 0 Å². The highest BCUT2D eigenvalue weighted by Gasteiger charge is 2.18. The minimum absolute atomic E-state index is 0.0392. The maximum Gasteiger partial charge on any atom is 0.224 e. The van der Waals surface area contributed by atoms with Gasteiger partial charge < -0.3 is 14.6 Å². The molecule has 1 amide bonds. The topological polar surface area (TPSA) is 58.4 Å². The first-order chi connectivity index (χ1) is 14.1. The fraction of sp³-hybridized carbons (Fsp3) is 0.333. The third-order valence-corrected chi connectivity index (χ3v) is 5.40. The van der Waals surface area contributed by atoms with Crippen LogP contribution < -0.4 is 10.2 Å². The van der Waals surface area contributed by atoms with Crippen LogP contribution in [0.25, 0.3) is 11.3 Å². The van der Waals surface area contributed by atoms with Gasteiger partial charge in [-0.25, -0.2) is 4.98 Å². The smallest absolute Gasteiger partial charge is 0.224 e. The van der Waals surface area contributed by atoms with E-state index in [1.807, 2.05) is 36.4 Å². The van der Waals surface area contributed by atoms with Crippen molar-refractivity contribution in [1.82, 2.24) is 4.98 Å². The molecule has 1 aliphatic rings. The second kappa shape index (κ2) is 8.52. The van der Waals surface area contributed by atoms with Gasteiger partial charge in [-0.15, -0.1) is 0 Å². The summed E-state index contributed by atoms with van der Waals surface area (Å²) in [6, 6.07) is 16.2. The highest BCUT2D eigenvalue weighted by molar-refractivity contribution is 5.91. The molecule has 2 heterocycles. The molecule has 1 aromatic heterocycles. The number of nitrogens with one attached hydrogen (secondary N) is 1. The largest absolute Gasteiger partial charge is 0.441 e. The molecule has 5 heteroatoms. The Morgan fingerprint density at radius 1 is 1.17 bits per heavy atom. The molecule has 1 fully saturated rings. The summed E-state index contributed by atoms with van der Waals surface area (Å²) in [6.45, 7) is 6.54. The molecule has 0 bridgehead atoms. The maximum absolute atomic E-state index is 12.3. The summed E-state index contributed by atoms with van der Waals surface area (Å²) in [5.41, 5.74) is 4.23. The summed E-state index contributed by atoms with van der Waals surface area (Å²) in [5, 5.41) is 2.96. The lowest BCUT2D eigenvalue weighted by Crippen LogP contribution is -2.19. The molecule has 5 nitrogen and oxygen atoms in total. The van der Waals surface area contributed by atoms with Crippen LogP contribution >= 0.6 is 0 Å². The SMILES string of the molecule is Cc1ccc(-c2cnc(CCC(=O)Nc3ccc(N4CCC(C)C4)cc3)o2)cc1. The number of benzene rings is 2. The van der Waals surface area contributed by atoms with Crippen molar-refractivity contribution in [3.63, 3.8) is 0 Å². The van der Waals surface area contributed by atoms with E-state index < -0.39 is 0 Å². The average Bonchev–Trinajstić information content (AvgIpc) is 3.37. The third kappa shape index (κ3) is 4.86. The van der Waals surface area contributed by atoms with Gasteiger partial charge in [0.15, 0.2) is 11.7 Å². The van der Waals surface area contributed by atoms with E-state index in [1.165, 1.54) is 17.7 Å². The number of hydrogen-bond acceptors (Lipinski definition) is 4. The predicted molar refractivity (Wildman–Crippen MR) is 116 cm³/mol. The lowest BCUT2D eigenvalue weighted by Gasteiger charge is -2.18. The predicted octanol–water partition coefficient (Wildman–Crippen LogP) is 5.07. The summed E-state index contributed by atoms with van der Waals surface area (Å²) < 4.78 is 5.79. The van der Waals surface area contributed by atoms with E-state index in [-0.39, 0.29) is 5.91 Å². The number of oxazole rings is 1. The van der Waals surface area contributed by atoms with E-state index in [1.54, 1.807) is 6.20 Å². The molecule has 1 N–H and O–H groups in total. The van der Waals surface area contributed by atoms with Crippen molar-refractivity contribution in [2.75, 3.05) is 23.3 Å². The van der Waals surface area contributed by atoms with Gasteiger partial charge in [-0.1, -0.05) is 36.8 Å². The van der Waals surface area contributed by atoms with Crippen molar-refractivity contribution in [2.24, 2.45) is 5.92 Å². The number of nitrogens with zero attached hydrogens (tertiary/aromatic N) is 2. The van der Waals surface area contributed by atoms with Crippen molar-refractivity contribution < 1.29 is 9.21 Å².